The van der Waals surface area contributed by atoms with Gasteiger partial charge in [-0.25, -0.2) is 9.78 Å². The molecule has 2 aromatic carbocycles. The smallest absolute Gasteiger partial charge is 0.335 e. The molecule has 0 radical (unpaired) electrons. The summed E-state index contributed by atoms with van der Waals surface area (Å²) < 4.78 is 2.21. The van der Waals surface area contributed by atoms with Crippen molar-refractivity contribution < 1.29 is 9.90 Å². The van der Waals surface area contributed by atoms with E-state index >= 15 is 0 Å². The summed E-state index contributed by atoms with van der Waals surface area (Å²) in [5.74, 6) is -0.0444. The Bertz CT molecular complexity index is 890. The van der Waals surface area contributed by atoms with Gasteiger partial charge in [0, 0.05) is 11.6 Å². The number of aromatic nitrogens is 2. The van der Waals surface area contributed by atoms with Crippen LogP contribution in [0.15, 0.2) is 36.4 Å². The fraction of sp³-hybridized carbons (Fsp3) is 0.263. The van der Waals surface area contributed by atoms with Gasteiger partial charge in [-0.1, -0.05) is 12.1 Å². The van der Waals surface area contributed by atoms with E-state index in [1.165, 1.54) is 11.1 Å². The molecule has 23 heavy (non-hydrogen) atoms. The lowest BCUT2D eigenvalue weighted by Gasteiger charge is -2.14. The monoisotopic (exact) mass is 308 g/mol. The molecule has 0 saturated heterocycles. The van der Waals surface area contributed by atoms with Gasteiger partial charge in [-0.05, 0) is 63.1 Å². The van der Waals surface area contributed by atoms with Crippen LogP contribution in [0.5, 0.6) is 0 Å². The van der Waals surface area contributed by atoms with Crippen molar-refractivity contribution in [2.24, 2.45) is 0 Å². The fourth-order valence-corrected chi connectivity index (χ4v) is 2.84. The highest BCUT2D eigenvalue weighted by Gasteiger charge is 2.16. The van der Waals surface area contributed by atoms with Crippen molar-refractivity contribution in [3.8, 4) is 11.4 Å². The number of carboxylic acid groups (broad SMARTS) is 1. The largest absolute Gasteiger partial charge is 0.478 e. The molecule has 0 saturated carbocycles. The molecule has 1 N–H and O–H groups in total. The van der Waals surface area contributed by atoms with Gasteiger partial charge >= 0.3 is 5.97 Å². The molecule has 4 heteroatoms. The van der Waals surface area contributed by atoms with Crippen molar-refractivity contribution >= 4 is 17.0 Å². The number of aromatic carboxylic acids is 1. The average molecular weight is 308 g/mol. The van der Waals surface area contributed by atoms with Crippen LogP contribution in [0, 0.1) is 13.8 Å². The van der Waals surface area contributed by atoms with E-state index in [0.717, 1.165) is 22.4 Å². The number of carboxylic acids is 1. The van der Waals surface area contributed by atoms with Crippen LogP contribution in [-0.4, -0.2) is 20.6 Å². The SMILES string of the molecule is Cc1cc2nc(-c3ccc(C(=O)O)cc3)n(C(C)C)c2cc1C. The molecule has 3 rings (SSSR count). The second-order valence-corrected chi connectivity index (χ2v) is 6.21. The van der Waals surface area contributed by atoms with Gasteiger partial charge in [0.15, 0.2) is 0 Å². The quantitative estimate of drug-likeness (QED) is 0.769. The van der Waals surface area contributed by atoms with E-state index < -0.39 is 5.97 Å². The normalized spacial score (nSPS) is 11.3. The Balaban J connectivity index is 2.23. The summed E-state index contributed by atoms with van der Waals surface area (Å²) in [4.78, 5) is 15.8. The van der Waals surface area contributed by atoms with E-state index in [0.29, 0.717) is 0 Å². The van der Waals surface area contributed by atoms with Crippen LogP contribution in [-0.2, 0) is 0 Å². The van der Waals surface area contributed by atoms with Crippen LogP contribution in [0.4, 0.5) is 0 Å². The molecule has 1 heterocycles. The third-order valence-electron chi connectivity index (χ3n) is 4.21. The zero-order valence-electron chi connectivity index (χ0n) is 13.8. The van der Waals surface area contributed by atoms with E-state index in [9.17, 15) is 4.79 Å². The van der Waals surface area contributed by atoms with Crippen LogP contribution in [0.3, 0.4) is 0 Å². The third-order valence-corrected chi connectivity index (χ3v) is 4.21. The van der Waals surface area contributed by atoms with Crippen molar-refractivity contribution in [3.05, 3.63) is 53.1 Å². The first-order valence-electron chi connectivity index (χ1n) is 7.71. The maximum absolute atomic E-state index is 11.0. The molecule has 0 fully saturated rings. The summed E-state index contributed by atoms with van der Waals surface area (Å²) in [7, 11) is 0. The number of fused-ring (bicyclic) bond motifs is 1. The Kier molecular flexibility index (Phi) is 3.68. The third kappa shape index (κ3) is 2.61. The van der Waals surface area contributed by atoms with Crippen LogP contribution < -0.4 is 0 Å². The lowest BCUT2D eigenvalue weighted by atomic mass is 10.1. The van der Waals surface area contributed by atoms with Crippen LogP contribution in [0.25, 0.3) is 22.4 Å². The van der Waals surface area contributed by atoms with Crippen molar-refractivity contribution in [2.45, 2.75) is 33.7 Å². The average Bonchev–Trinajstić information content (AvgIpc) is 2.86. The van der Waals surface area contributed by atoms with E-state index in [2.05, 4.69) is 44.4 Å². The van der Waals surface area contributed by atoms with Gasteiger partial charge in [0.1, 0.15) is 5.82 Å². The molecule has 0 spiro atoms. The van der Waals surface area contributed by atoms with Gasteiger partial charge in [0.25, 0.3) is 0 Å². The summed E-state index contributed by atoms with van der Waals surface area (Å²) in [5.41, 5.74) is 5.76. The molecule has 0 aliphatic rings. The topological polar surface area (TPSA) is 55.1 Å². The maximum Gasteiger partial charge on any atom is 0.335 e. The molecule has 118 valence electrons. The predicted molar refractivity (Wildman–Crippen MR) is 92.0 cm³/mol. The summed E-state index contributed by atoms with van der Waals surface area (Å²) in [6, 6.07) is 11.4. The highest BCUT2D eigenvalue weighted by atomic mass is 16.4. The van der Waals surface area contributed by atoms with Gasteiger partial charge in [0.05, 0.1) is 16.6 Å². The minimum atomic E-state index is -0.917. The number of imidazole rings is 1. The minimum absolute atomic E-state index is 0.260. The highest BCUT2D eigenvalue weighted by Crippen LogP contribution is 2.30. The van der Waals surface area contributed by atoms with Crippen molar-refractivity contribution in [1.82, 2.24) is 9.55 Å². The summed E-state index contributed by atoms with van der Waals surface area (Å²) in [6.07, 6.45) is 0. The Morgan fingerprint density at radius 1 is 1.09 bits per heavy atom. The molecule has 0 unspecified atom stereocenters. The summed E-state index contributed by atoms with van der Waals surface area (Å²) in [5, 5.41) is 9.04. The standard InChI is InChI=1S/C19H20N2O2/c1-11(2)21-17-10-13(4)12(3)9-16(17)20-18(21)14-5-7-15(8-6-14)19(22)23/h5-11H,1-4H3,(H,22,23). The zero-order valence-corrected chi connectivity index (χ0v) is 13.8. The van der Waals surface area contributed by atoms with E-state index in [1.54, 1.807) is 12.1 Å². The van der Waals surface area contributed by atoms with Gasteiger partial charge in [-0.15, -0.1) is 0 Å². The van der Waals surface area contributed by atoms with Gasteiger partial charge in [0.2, 0.25) is 0 Å². The van der Waals surface area contributed by atoms with Crippen molar-refractivity contribution in [2.75, 3.05) is 0 Å². The Hall–Kier alpha value is -2.62. The minimum Gasteiger partial charge on any atom is -0.478 e. The molecule has 0 bridgehead atoms. The highest BCUT2D eigenvalue weighted by molar-refractivity contribution is 5.88. The number of nitrogens with zero attached hydrogens (tertiary/aromatic N) is 2. The van der Waals surface area contributed by atoms with Crippen LogP contribution in [0.2, 0.25) is 0 Å². The van der Waals surface area contributed by atoms with Crippen LogP contribution in [0.1, 0.15) is 41.4 Å². The number of aryl methyl sites for hydroxylation is 2. The molecule has 0 amide bonds. The first-order valence-corrected chi connectivity index (χ1v) is 7.71. The van der Waals surface area contributed by atoms with E-state index in [4.69, 9.17) is 10.1 Å². The summed E-state index contributed by atoms with van der Waals surface area (Å²) >= 11 is 0. The zero-order chi connectivity index (χ0) is 16.7. The molecule has 3 aromatic rings. The Labute approximate surface area is 135 Å². The van der Waals surface area contributed by atoms with E-state index in [1.807, 2.05) is 12.1 Å². The van der Waals surface area contributed by atoms with Crippen LogP contribution >= 0.6 is 0 Å². The van der Waals surface area contributed by atoms with Crippen molar-refractivity contribution in [3.63, 3.8) is 0 Å². The maximum atomic E-state index is 11.0. The van der Waals surface area contributed by atoms with Gasteiger partial charge < -0.3 is 9.67 Å². The van der Waals surface area contributed by atoms with E-state index in [-0.39, 0.29) is 11.6 Å². The fourth-order valence-electron chi connectivity index (χ4n) is 2.84. The Morgan fingerprint density at radius 2 is 1.70 bits per heavy atom. The molecular formula is C19H20N2O2. The Morgan fingerprint density at radius 3 is 2.26 bits per heavy atom. The lowest BCUT2D eigenvalue weighted by molar-refractivity contribution is 0.0697. The first-order chi connectivity index (χ1) is 10.9. The lowest BCUT2D eigenvalue weighted by Crippen LogP contribution is -2.03. The second kappa shape index (κ2) is 5.54. The van der Waals surface area contributed by atoms with Crippen molar-refractivity contribution in [1.29, 1.82) is 0 Å². The molecule has 0 atom stereocenters. The first kappa shape index (κ1) is 15.3. The predicted octanol–water partition coefficient (Wildman–Crippen LogP) is 4.60. The molecule has 0 aliphatic heterocycles. The second-order valence-electron chi connectivity index (χ2n) is 6.21. The number of benzene rings is 2. The van der Waals surface area contributed by atoms with Gasteiger partial charge in [-0.2, -0.15) is 0 Å². The molecule has 4 nitrogen and oxygen atoms in total. The molecular weight excluding hydrogens is 288 g/mol. The number of hydrogen-bond acceptors (Lipinski definition) is 2. The molecule has 1 aromatic heterocycles. The molecule has 0 aliphatic carbocycles. The number of hydrogen-bond donors (Lipinski definition) is 1. The summed E-state index contributed by atoms with van der Waals surface area (Å²) in [6.45, 7) is 8.45. The number of carbonyl (C=O) groups is 1. The van der Waals surface area contributed by atoms with Gasteiger partial charge in [-0.3, -0.25) is 0 Å². The number of rotatable bonds is 3.